The van der Waals surface area contributed by atoms with Gasteiger partial charge < -0.3 is 9.64 Å². The number of nitrogens with zero attached hydrogens (tertiary/aromatic N) is 2. The molecule has 1 aromatic heterocycles. The zero-order valence-electron chi connectivity index (χ0n) is 17.2. The van der Waals surface area contributed by atoms with E-state index in [4.69, 9.17) is 4.74 Å². The SMILES string of the molecule is CC(C)(C)Oc1ccc2cc(N3CCC(Cc4ccccc4)CC3)ccc2n1. The fraction of sp³-hybridized carbons (Fsp3) is 0.400. The molecular formula is C25H30N2O. The normalized spacial score (nSPS) is 15.8. The molecule has 3 nitrogen and oxygen atoms in total. The number of aromatic nitrogens is 1. The molecule has 0 amide bonds. The maximum absolute atomic E-state index is 5.90. The second kappa shape index (κ2) is 7.83. The van der Waals surface area contributed by atoms with Crippen molar-refractivity contribution in [3.8, 4) is 5.88 Å². The molecule has 2 heterocycles. The second-order valence-electron chi connectivity index (χ2n) is 8.86. The first-order chi connectivity index (χ1) is 13.5. The maximum atomic E-state index is 5.90. The van der Waals surface area contributed by atoms with Gasteiger partial charge in [-0.25, -0.2) is 4.98 Å². The molecule has 1 saturated heterocycles. The quantitative estimate of drug-likeness (QED) is 0.571. The van der Waals surface area contributed by atoms with E-state index in [0.29, 0.717) is 5.88 Å². The van der Waals surface area contributed by atoms with Gasteiger partial charge in [0.05, 0.1) is 5.52 Å². The van der Waals surface area contributed by atoms with Gasteiger partial charge in [-0.1, -0.05) is 30.3 Å². The monoisotopic (exact) mass is 374 g/mol. The lowest BCUT2D eigenvalue weighted by Crippen LogP contribution is -2.34. The Bertz CT molecular complexity index is 922. The van der Waals surface area contributed by atoms with Crippen LogP contribution in [-0.2, 0) is 6.42 Å². The van der Waals surface area contributed by atoms with Gasteiger partial charge in [-0.2, -0.15) is 0 Å². The Morgan fingerprint density at radius 3 is 2.43 bits per heavy atom. The minimum absolute atomic E-state index is 0.231. The predicted octanol–water partition coefficient (Wildman–Crippen LogP) is 5.87. The molecule has 1 aliphatic heterocycles. The summed E-state index contributed by atoms with van der Waals surface area (Å²) in [5.41, 5.74) is 3.53. The summed E-state index contributed by atoms with van der Waals surface area (Å²) in [5, 5.41) is 1.17. The Balaban J connectivity index is 1.41. The first kappa shape index (κ1) is 18.8. The molecule has 2 aromatic carbocycles. The molecule has 0 bridgehead atoms. The number of ether oxygens (including phenoxy) is 1. The van der Waals surface area contributed by atoms with Crippen LogP contribution < -0.4 is 9.64 Å². The highest BCUT2D eigenvalue weighted by molar-refractivity contribution is 5.83. The topological polar surface area (TPSA) is 25.4 Å². The average molecular weight is 375 g/mol. The molecular weight excluding hydrogens is 344 g/mol. The van der Waals surface area contributed by atoms with Crippen LogP contribution in [0.25, 0.3) is 10.9 Å². The third kappa shape index (κ3) is 4.64. The largest absolute Gasteiger partial charge is 0.472 e. The number of hydrogen-bond donors (Lipinski definition) is 0. The van der Waals surface area contributed by atoms with Crippen molar-refractivity contribution >= 4 is 16.6 Å². The molecule has 0 spiro atoms. The van der Waals surface area contributed by atoms with E-state index in [1.165, 1.54) is 35.9 Å². The number of anilines is 1. The van der Waals surface area contributed by atoms with Crippen LogP contribution in [0.4, 0.5) is 5.69 Å². The maximum Gasteiger partial charge on any atom is 0.214 e. The predicted molar refractivity (Wildman–Crippen MR) is 117 cm³/mol. The summed E-state index contributed by atoms with van der Waals surface area (Å²) < 4.78 is 5.90. The van der Waals surface area contributed by atoms with Gasteiger partial charge in [-0.05, 0) is 75.8 Å². The van der Waals surface area contributed by atoms with Crippen molar-refractivity contribution in [3.63, 3.8) is 0 Å². The summed E-state index contributed by atoms with van der Waals surface area (Å²) in [4.78, 5) is 7.18. The molecule has 3 aromatic rings. The Labute approximate surface area is 168 Å². The molecule has 0 unspecified atom stereocenters. The summed E-state index contributed by atoms with van der Waals surface area (Å²) >= 11 is 0. The molecule has 3 heteroatoms. The number of hydrogen-bond acceptors (Lipinski definition) is 3. The molecule has 0 radical (unpaired) electrons. The van der Waals surface area contributed by atoms with Crippen molar-refractivity contribution in [2.45, 2.75) is 45.6 Å². The molecule has 28 heavy (non-hydrogen) atoms. The van der Waals surface area contributed by atoms with Crippen LogP contribution in [0.3, 0.4) is 0 Å². The van der Waals surface area contributed by atoms with Crippen molar-refractivity contribution in [3.05, 3.63) is 66.2 Å². The van der Waals surface area contributed by atoms with E-state index >= 15 is 0 Å². The molecule has 0 N–H and O–H groups in total. The molecule has 0 aliphatic carbocycles. The minimum atomic E-state index is -0.231. The summed E-state index contributed by atoms with van der Waals surface area (Å²) in [6.07, 6.45) is 3.71. The molecule has 146 valence electrons. The Morgan fingerprint density at radius 1 is 0.964 bits per heavy atom. The van der Waals surface area contributed by atoms with Gasteiger partial charge in [0.2, 0.25) is 5.88 Å². The third-order valence-corrected chi connectivity index (χ3v) is 5.40. The lowest BCUT2D eigenvalue weighted by atomic mass is 9.90. The van der Waals surface area contributed by atoms with E-state index in [0.717, 1.165) is 24.5 Å². The molecule has 4 rings (SSSR count). The van der Waals surface area contributed by atoms with Gasteiger partial charge in [0.25, 0.3) is 0 Å². The number of fused-ring (bicyclic) bond motifs is 1. The van der Waals surface area contributed by atoms with Gasteiger partial charge in [0.1, 0.15) is 5.60 Å². The van der Waals surface area contributed by atoms with Crippen molar-refractivity contribution in [1.82, 2.24) is 4.98 Å². The van der Waals surface area contributed by atoms with Gasteiger partial charge in [0.15, 0.2) is 0 Å². The summed E-state index contributed by atoms with van der Waals surface area (Å²) in [5.74, 6) is 1.48. The molecule has 0 atom stereocenters. The highest BCUT2D eigenvalue weighted by atomic mass is 16.5. The zero-order valence-corrected chi connectivity index (χ0v) is 17.2. The van der Waals surface area contributed by atoms with E-state index in [9.17, 15) is 0 Å². The minimum Gasteiger partial charge on any atom is -0.472 e. The Kier molecular flexibility index (Phi) is 5.25. The smallest absolute Gasteiger partial charge is 0.214 e. The van der Waals surface area contributed by atoms with Gasteiger partial charge in [0, 0.05) is 30.2 Å². The molecule has 1 aliphatic rings. The number of rotatable bonds is 4. The van der Waals surface area contributed by atoms with Crippen molar-refractivity contribution < 1.29 is 4.74 Å². The van der Waals surface area contributed by atoms with Gasteiger partial charge in [-0.15, -0.1) is 0 Å². The van der Waals surface area contributed by atoms with Gasteiger partial charge >= 0.3 is 0 Å². The van der Waals surface area contributed by atoms with Crippen LogP contribution >= 0.6 is 0 Å². The summed E-state index contributed by atoms with van der Waals surface area (Å²) in [6.45, 7) is 8.39. The van der Waals surface area contributed by atoms with Crippen molar-refractivity contribution in [2.24, 2.45) is 5.92 Å². The van der Waals surface area contributed by atoms with E-state index in [2.05, 4.69) is 64.5 Å². The lowest BCUT2D eigenvalue weighted by molar-refractivity contribution is 0.124. The van der Waals surface area contributed by atoms with Crippen LogP contribution in [0.1, 0.15) is 39.2 Å². The van der Waals surface area contributed by atoms with Crippen molar-refractivity contribution in [2.75, 3.05) is 18.0 Å². The fourth-order valence-corrected chi connectivity index (χ4v) is 4.00. The highest BCUT2D eigenvalue weighted by Crippen LogP contribution is 2.29. The van der Waals surface area contributed by atoms with E-state index in [1.807, 2.05) is 26.8 Å². The van der Waals surface area contributed by atoms with Crippen LogP contribution in [0.2, 0.25) is 0 Å². The highest BCUT2D eigenvalue weighted by Gasteiger charge is 2.20. The van der Waals surface area contributed by atoms with Crippen molar-refractivity contribution in [1.29, 1.82) is 0 Å². The first-order valence-electron chi connectivity index (χ1n) is 10.3. The zero-order chi connectivity index (χ0) is 19.6. The standard InChI is InChI=1S/C25H30N2O/c1-25(2,3)28-24-12-9-21-18-22(10-11-23(21)26-24)27-15-13-20(14-16-27)17-19-7-5-4-6-8-19/h4-12,18,20H,13-17H2,1-3H3. The molecule has 1 fully saturated rings. The van der Waals surface area contributed by atoms with Crippen LogP contribution in [-0.4, -0.2) is 23.7 Å². The number of pyridine rings is 1. The summed E-state index contributed by atoms with van der Waals surface area (Å²) in [7, 11) is 0. The van der Waals surface area contributed by atoms with E-state index < -0.39 is 0 Å². The second-order valence-corrected chi connectivity index (χ2v) is 8.86. The first-order valence-corrected chi connectivity index (χ1v) is 10.3. The fourth-order valence-electron chi connectivity index (χ4n) is 4.00. The lowest BCUT2D eigenvalue weighted by Gasteiger charge is -2.34. The Morgan fingerprint density at radius 2 is 1.71 bits per heavy atom. The number of piperidine rings is 1. The van der Waals surface area contributed by atoms with E-state index in [1.54, 1.807) is 0 Å². The number of benzene rings is 2. The average Bonchev–Trinajstić information content (AvgIpc) is 2.68. The Hall–Kier alpha value is -2.55. The van der Waals surface area contributed by atoms with Crippen LogP contribution in [0, 0.1) is 5.92 Å². The molecule has 0 saturated carbocycles. The summed E-state index contributed by atoms with van der Waals surface area (Å²) in [6, 6.07) is 21.6. The third-order valence-electron chi connectivity index (χ3n) is 5.40. The van der Waals surface area contributed by atoms with Crippen LogP contribution in [0.15, 0.2) is 60.7 Å². The van der Waals surface area contributed by atoms with Crippen LogP contribution in [0.5, 0.6) is 5.88 Å². The van der Waals surface area contributed by atoms with E-state index in [-0.39, 0.29) is 5.60 Å². The van der Waals surface area contributed by atoms with Gasteiger partial charge in [-0.3, -0.25) is 0 Å².